The monoisotopic (exact) mass is 355 g/mol. The molecule has 1 amide bonds. The highest BCUT2D eigenvalue weighted by Crippen LogP contribution is 2.29. The fourth-order valence-corrected chi connectivity index (χ4v) is 3.57. The van der Waals surface area contributed by atoms with Crippen LogP contribution < -0.4 is 10.1 Å². The molecule has 0 aliphatic heterocycles. The highest BCUT2D eigenvalue weighted by molar-refractivity contribution is 5.80. The molecule has 138 valence electrons. The molecule has 1 heterocycles. The third-order valence-electron chi connectivity index (χ3n) is 4.77. The van der Waals surface area contributed by atoms with E-state index < -0.39 is 0 Å². The Labute approximate surface area is 153 Å². The van der Waals surface area contributed by atoms with Crippen molar-refractivity contribution in [2.24, 2.45) is 5.92 Å². The fourth-order valence-electron chi connectivity index (χ4n) is 3.57. The Bertz CT molecular complexity index is 797. The van der Waals surface area contributed by atoms with Crippen LogP contribution in [0.3, 0.4) is 0 Å². The molecule has 6 nitrogen and oxygen atoms in total. The summed E-state index contributed by atoms with van der Waals surface area (Å²) in [7, 11) is 1.66. The van der Waals surface area contributed by atoms with Gasteiger partial charge in [0.25, 0.3) is 0 Å². The predicted molar refractivity (Wildman–Crippen MR) is 99.5 cm³/mol. The Kier molecular flexibility index (Phi) is 5.71. The summed E-state index contributed by atoms with van der Waals surface area (Å²) in [5.41, 5.74) is 2.01. The summed E-state index contributed by atoms with van der Waals surface area (Å²) in [5.74, 6) is 2.47. The van der Waals surface area contributed by atoms with E-state index in [2.05, 4.69) is 15.5 Å². The number of benzene rings is 1. The number of allylic oxidation sites excluding steroid dienone is 1. The molecule has 1 aromatic heterocycles. The lowest BCUT2D eigenvalue weighted by atomic mass is 10.0. The minimum atomic E-state index is 0.0349. The maximum absolute atomic E-state index is 11.2. The molecule has 6 heteroatoms. The van der Waals surface area contributed by atoms with Gasteiger partial charge in [0.05, 0.1) is 7.11 Å². The van der Waals surface area contributed by atoms with Crippen LogP contribution in [-0.2, 0) is 11.2 Å². The number of aromatic nitrogens is 2. The molecule has 1 aliphatic rings. The first-order chi connectivity index (χ1) is 12.5. The van der Waals surface area contributed by atoms with Crippen molar-refractivity contribution in [3.8, 4) is 5.75 Å². The second-order valence-corrected chi connectivity index (χ2v) is 6.84. The van der Waals surface area contributed by atoms with E-state index in [1.807, 2.05) is 37.3 Å². The van der Waals surface area contributed by atoms with Gasteiger partial charge in [0.15, 0.2) is 0 Å². The van der Waals surface area contributed by atoms with Crippen molar-refractivity contribution in [2.45, 2.75) is 45.6 Å². The van der Waals surface area contributed by atoms with Crippen LogP contribution in [0, 0.1) is 5.92 Å². The average molecular weight is 355 g/mol. The summed E-state index contributed by atoms with van der Waals surface area (Å²) in [6.45, 7) is 3.56. The topological polar surface area (TPSA) is 77.3 Å². The smallest absolute Gasteiger partial charge is 0.240 e. The number of amides is 1. The van der Waals surface area contributed by atoms with E-state index in [4.69, 9.17) is 9.15 Å². The third-order valence-corrected chi connectivity index (χ3v) is 4.77. The number of methoxy groups -OCH3 is 1. The van der Waals surface area contributed by atoms with Crippen molar-refractivity contribution in [1.29, 1.82) is 0 Å². The van der Waals surface area contributed by atoms with E-state index in [-0.39, 0.29) is 11.9 Å². The lowest BCUT2D eigenvalue weighted by Crippen LogP contribution is -2.30. The maximum Gasteiger partial charge on any atom is 0.240 e. The van der Waals surface area contributed by atoms with Crippen LogP contribution in [0.1, 0.15) is 50.5 Å². The normalized spacial score (nSPS) is 20.2. The molecule has 2 aromatic rings. The Morgan fingerprint density at radius 2 is 2.12 bits per heavy atom. The molecule has 1 aromatic carbocycles. The van der Waals surface area contributed by atoms with Crippen molar-refractivity contribution in [3.05, 3.63) is 41.6 Å². The number of hydrogen-bond donors (Lipinski definition) is 1. The number of carbonyl (C=O) groups is 1. The molecule has 1 saturated carbocycles. The number of nitrogens with one attached hydrogen (secondary N) is 1. The van der Waals surface area contributed by atoms with Crippen molar-refractivity contribution >= 4 is 17.6 Å². The Balaban J connectivity index is 1.64. The van der Waals surface area contributed by atoms with Gasteiger partial charge in [-0.05, 0) is 43.7 Å². The van der Waals surface area contributed by atoms with Crippen molar-refractivity contribution in [1.82, 2.24) is 15.5 Å². The first-order valence-corrected chi connectivity index (χ1v) is 8.96. The van der Waals surface area contributed by atoms with E-state index in [9.17, 15) is 4.79 Å². The second kappa shape index (κ2) is 8.17. The molecular weight excluding hydrogens is 330 g/mol. The van der Waals surface area contributed by atoms with Crippen LogP contribution in [-0.4, -0.2) is 29.3 Å². The van der Waals surface area contributed by atoms with Gasteiger partial charge < -0.3 is 14.5 Å². The Morgan fingerprint density at radius 1 is 1.31 bits per heavy atom. The van der Waals surface area contributed by atoms with E-state index in [0.717, 1.165) is 42.6 Å². The van der Waals surface area contributed by atoms with Gasteiger partial charge in [0, 0.05) is 31.0 Å². The third kappa shape index (κ3) is 4.50. The molecule has 0 saturated heterocycles. The molecule has 2 atom stereocenters. The van der Waals surface area contributed by atoms with Gasteiger partial charge in [0.2, 0.25) is 17.7 Å². The SMILES string of the molecule is COc1ccccc1/C(C)=C/c1nnc(C[C@@H]2CC[C@H](NC(C)=O)C2)o1. The number of nitrogens with zero attached hydrogens (tertiary/aromatic N) is 2. The van der Waals surface area contributed by atoms with Gasteiger partial charge in [-0.2, -0.15) is 0 Å². The number of ether oxygens (including phenoxy) is 1. The van der Waals surface area contributed by atoms with Crippen LogP contribution >= 0.6 is 0 Å². The number of hydrogen-bond acceptors (Lipinski definition) is 5. The zero-order chi connectivity index (χ0) is 18.5. The van der Waals surface area contributed by atoms with E-state index in [1.54, 1.807) is 14.0 Å². The molecule has 1 fully saturated rings. The molecule has 0 radical (unpaired) electrons. The van der Waals surface area contributed by atoms with E-state index >= 15 is 0 Å². The van der Waals surface area contributed by atoms with Gasteiger partial charge in [-0.15, -0.1) is 10.2 Å². The highest BCUT2D eigenvalue weighted by atomic mass is 16.5. The van der Waals surface area contributed by atoms with Gasteiger partial charge >= 0.3 is 0 Å². The quantitative estimate of drug-likeness (QED) is 0.858. The molecule has 0 bridgehead atoms. The zero-order valence-corrected chi connectivity index (χ0v) is 15.5. The molecule has 26 heavy (non-hydrogen) atoms. The van der Waals surface area contributed by atoms with Crippen LogP contribution in [0.2, 0.25) is 0 Å². The van der Waals surface area contributed by atoms with Gasteiger partial charge in [0.1, 0.15) is 5.75 Å². The summed E-state index contributed by atoms with van der Waals surface area (Å²) in [6, 6.07) is 8.11. The summed E-state index contributed by atoms with van der Waals surface area (Å²) < 4.78 is 11.2. The van der Waals surface area contributed by atoms with Crippen LogP contribution in [0.15, 0.2) is 28.7 Å². The molecule has 0 unspecified atom stereocenters. The minimum Gasteiger partial charge on any atom is -0.496 e. The van der Waals surface area contributed by atoms with E-state index in [1.165, 1.54) is 0 Å². The van der Waals surface area contributed by atoms with Crippen molar-refractivity contribution in [3.63, 3.8) is 0 Å². The molecule has 1 N–H and O–H groups in total. The second-order valence-electron chi connectivity index (χ2n) is 6.84. The fraction of sp³-hybridized carbons (Fsp3) is 0.450. The van der Waals surface area contributed by atoms with Crippen molar-refractivity contribution < 1.29 is 13.9 Å². The maximum atomic E-state index is 11.2. The van der Waals surface area contributed by atoms with Crippen molar-refractivity contribution in [2.75, 3.05) is 7.11 Å². The van der Waals surface area contributed by atoms with Gasteiger partial charge in [-0.25, -0.2) is 0 Å². The van der Waals surface area contributed by atoms with Gasteiger partial charge in [-0.1, -0.05) is 18.2 Å². The predicted octanol–water partition coefficient (Wildman–Crippen LogP) is 3.49. The van der Waals surface area contributed by atoms with Crippen LogP contribution in [0.4, 0.5) is 0 Å². The Hall–Kier alpha value is -2.63. The first-order valence-electron chi connectivity index (χ1n) is 8.96. The number of para-hydroxylation sites is 1. The summed E-state index contributed by atoms with van der Waals surface area (Å²) in [4.78, 5) is 11.2. The van der Waals surface area contributed by atoms with Crippen LogP contribution in [0.25, 0.3) is 11.6 Å². The molecule has 0 spiro atoms. The lowest BCUT2D eigenvalue weighted by Gasteiger charge is -2.10. The average Bonchev–Trinajstić information content (AvgIpc) is 3.24. The summed E-state index contributed by atoms with van der Waals surface area (Å²) >= 11 is 0. The highest BCUT2D eigenvalue weighted by Gasteiger charge is 2.26. The number of rotatable bonds is 6. The van der Waals surface area contributed by atoms with E-state index in [0.29, 0.717) is 17.7 Å². The Morgan fingerprint density at radius 3 is 2.88 bits per heavy atom. The largest absolute Gasteiger partial charge is 0.496 e. The first kappa shape index (κ1) is 18.2. The lowest BCUT2D eigenvalue weighted by molar-refractivity contribution is -0.119. The van der Waals surface area contributed by atoms with Gasteiger partial charge in [-0.3, -0.25) is 4.79 Å². The molecule has 3 rings (SSSR count). The molecule has 1 aliphatic carbocycles. The molecular formula is C20H25N3O3. The minimum absolute atomic E-state index is 0.0349. The summed E-state index contributed by atoms with van der Waals surface area (Å²) in [5, 5.41) is 11.3. The number of carbonyl (C=O) groups excluding carboxylic acids is 1. The summed E-state index contributed by atoms with van der Waals surface area (Å²) in [6.07, 6.45) is 5.68. The zero-order valence-electron chi connectivity index (χ0n) is 15.5. The standard InChI is InChI=1S/C20H25N3O3/c1-13(17-6-4-5-7-18(17)25-3)10-19-22-23-20(26-19)12-15-8-9-16(11-15)21-14(2)24/h4-7,10,15-16H,8-9,11-12H2,1-3H3,(H,21,24)/b13-10+/t15-,16+/m1/s1. The van der Waals surface area contributed by atoms with Crippen LogP contribution in [0.5, 0.6) is 5.75 Å².